The number of halogens is 1. The van der Waals surface area contributed by atoms with Gasteiger partial charge >= 0.3 is 0 Å². The van der Waals surface area contributed by atoms with Crippen LogP contribution < -0.4 is 10.1 Å². The smallest absolute Gasteiger partial charge is 0.227 e. The van der Waals surface area contributed by atoms with Gasteiger partial charge in [0, 0.05) is 43.8 Å². The molecule has 8 nitrogen and oxygen atoms in total. The molecule has 0 saturated carbocycles. The summed E-state index contributed by atoms with van der Waals surface area (Å²) in [5.41, 5.74) is 1.93. The van der Waals surface area contributed by atoms with E-state index in [1.807, 2.05) is 6.07 Å². The van der Waals surface area contributed by atoms with Crippen LogP contribution in [0.25, 0.3) is 11.4 Å². The van der Waals surface area contributed by atoms with Crippen LogP contribution in [0, 0.1) is 12.7 Å². The van der Waals surface area contributed by atoms with E-state index in [1.54, 1.807) is 38.4 Å². The van der Waals surface area contributed by atoms with Gasteiger partial charge in [-0.15, -0.1) is 0 Å². The van der Waals surface area contributed by atoms with Crippen LogP contribution in [0.1, 0.15) is 23.4 Å². The van der Waals surface area contributed by atoms with Gasteiger partial charge in [0.1, 0.15) is 12.4 Å². The molecule has 3 aromatic rings. The second-order valence-corrected chi connectivity index (χ2v) is 6.56. The van der Waals surface area contributed by atoms with E-state index in [-0.39, 0.29) is 18.1 Å². The van der Waals surface area contributed by atoms with Gasteiger partial charge < -0.3 is 19.3 Å². The molecule has 2 aromatic heterocycles. The van der Waals surface area contributed by atoms with Crippen molar-refractivity contribution in [3.8, 4) is 17.3 Å². The molecule has 1 amide bonds. The first kappa shape index (κ1) is 21.4. The van der Waals surface area contributed by atoms with Crippen LogP contribution in [0.15, 0.2) is 41.1 Å². The molecule has 0 unspecified atom stereocenters. The molecular weight excluding hydrogens is 391 g/mol. The molecule has 0 fully saturated rings. The van der Waals surface area contributed by atoms with Gasteiger partial charge in [0.2, 0.25) is 23.5 Å². The van der Waals surface area contributed by atoms with E-state index in [2.05, 4.69) is 20.4 Å². The second-order valence-electron chi connectivity index (χ2n) is 6.56. The Kier molecular flexibility index (Phi) is 7.45. The normalized spacial score (nSPS) is 10.8. The number of amides is 1. The Bertz CT molecular complexity index is 993. The lowest BCUT2D eigenvalue weighted by Gasteiger charge is -2.10. The Balaban J connectivity index is 1.50. The van der Waals surface area contributed by atoms with E-state index in [0.29, 0.717) is 54.9 Å². The molecule has 0 spiro atoms. The van der Waals surface area contributed by atoms with Crippen LogP contribution in [0.3, 0.4) is 0 Å². The Hall–Kier alpha value is -3.33. The highest BCUT2D eigenvalue weighted by Crippen LogP contribution is 2.19. The Labute approximate surface area is 173 Å². The predicted octanol–water partition coefficient (Wildman–Crippen LogP) is 2.85. The minimum Gasteiger partial charge on any atom is -0.475 e. The van der Waals surface area contributed by atoms with Crippen molar-refractivity contribution in [3.63, 3.8) is 0 Å². The Morgan fingerprint density at radius 3 is 2.93 bits per heavy atom. The van der Waals surface area contributed by atoms with Gasteiger partial charge in [-0.3, -0.25) is 4.79 Å². The lowest BCUT2D eigenvalue weighted by molar-refractivity contribution is -0.121. The molecule has 1 aromatic carbocycles. The maximum absolute atomic E-state index is 13.4. The van der Waals surface area contributed by atoms with Crippen LogP contribution >= 0.6 is 0 Å². The maximum atomic E-state index is 13.4. The number of nitrogens with one attached hydrogen (secondary N) is 1. The van der Waals surface area contributed by atoms with E-state index in [0.717, 1.165) is 5.56 Å². The topological polar surface area (TPSA) is 99.4 Å². The van der Waals surface area contributed by atoms with E-state index < -0.39 is 0 Å². The largest absolute Gasteiger partial charge is 0.475 e. The summed E-state index contributed by atoms with van der Waals surface area (Å²) in [5.74, 6) is 0.707. The molecule has 0 atom stereocenters. The van der Waals surface area contributed by atoms with Crippen LogP contribution in [-0.2, 0) is 22.5 Å². The number of aromatic nitrogens is 3. The standard InChI is InChI=1S/C21H23FN4O4/c1-14-12-15(5-6-17(14)22)20-25-19(30-26-20)8-7-18(27)24-13-16-4-3-9-23-21(16)29-11-10-28-2/h3-6,9,12H,7-8,10-11,13H2,1-2H3,(H,24,27). The Morgan fingerprint density at radius 1 is 1.27 bits per heavy atom. The summed E-state index contributed by atoms with van der Waals surface area (Å²) >= 11 is 0. The highest BCUT2D eigenvalue weighted by atomic mass is 19.1. The first-order chi connectivity index (χ1) is 14.6. The monoisotopic (exact) mass is 414 g/mol. The third-order valence-corrected chi connectivity index (χ3v) is 4.30. The van der Waals surface area contributed by atoms with Crippen molar-refractivity contribution in [2.24, 2.45) is 0 Å². The molecule has 3 rings (SSSR count). The van der Waals surface area contributed by atoms with Crippen molar-refractivity contribution in [2.75, 3.05) is 20.3 Å². The number of ether oxygens (including phenoxy) is 2. The van der Waals surface area contributed by atoms with Gasteiger partial charge in [-0.25, -0.2) is 9.37 Å². The molecule has 0 aliphatic heterocycles. The number of carbonyl (C=O) groups excluding carboxylic acids is 1. The fraction of sp³-hybridized carbons (Fsp3) is 0.333. The molecule has 0 aliphatic rings. The number of rotatable bonds is 10. The van der Waals surface area contributed by atoms with Crippen LogP contribution in [0.4, 0.5) is 4.39 Å². The lowest BCUT2D eigenvalue weighted by Crippen LogP contribution is -2.23. The highest BCUT2D eigenvalue weighted by Gasteiger charge is 2.12. The van der Waals surface area contributed by atoms with Gasteiger partial charge in [0.05, 0.1) is 6.61 Å². The molecule has 1 N–H and O–H groups in total. The summed E-state index contributed by atoms with van der Waals surface area (Å²) in [4.78, 5) is 20.7. The van der Waals surface area contributed by atoms with Gasteiger partial charge in [-0.2, -0.15) is 4.98 Å². The molecule has 0 bridgehead atoms. The van der Waals surface area contributed by atoms with Crippen molar-refractivity contribution in [1.29, 1.82) is 0 Å². The van der Waals surface area contributed by atoms with Crippen molar-refractivity contribution in [1.82, 2.24) is 20.4 Å². The maximum Gasteiger partial charge on any atom is 0.227 e. The predicted molar refractivity (Wildman–Crippen MR) is 106 cm³/mol. The minimum atomic E-state index is -0.292. The third kappa shape index (κ3) is 5.84. The summed E-state index contributed by atoms with van der Waals surface area (Å²) in [6.45, 7) is 2.78. The summed E-state index contributed by atoms with van der Waals surface area (Å²) < 4.78 is 29.1. The molecule has 0 radical (unpaired) electrons. The van der Waals surface area contributed by atoms with Gasteiger partial charge in [0.15, 0.2) is 0 Å². The highest BCUT2D eigenvalue weighted by molar-refractivity contribution is 5.76. The molecular formula is C21H23FN4O4. The quantitative estimate of drug-likeness (QED) is 0.509. The summed E-state index contributed by atoms with van der Waals surface area (Å²) in [6.07, 6.45) is 2.11. The molecule has 0 saturated heterocycles. The number of nitrogens with zero attached hydrogens (tertiary/aromatic N) is 3. The zero-order valence-corrected chi connectivity index (χ0v) is 16.9. The van der Waals surface area contributed by atoms with Gasteiger partial charge in [-0.05, 0) is 36.8 Å². The van der Waals surface area contributed by atoms with Crippen LogP contribution in [0.5, 0.6) is 5.88 Å². The first-order valence-corrected chi connectivity index (χ1v) is 9.48. The average molecular weight is 414 g/mol. The molecule has 30 heavy (non-hydrogen) atoms. The second kappa shape index (κ2) is 10.4. The SMILES string of the molecule is COCCOc1ncccc1CNC(=O)CCc1nc(-c2ccc(F)c(C)c2)no1. The molecule has 2 heterocycles. The van der Waals surface area contributed by atoms with Crippen LogP contribution in [0.2, 0.25) is 0 Å². The fourth-order valence-electron chi connectivity index (χ4n) is 2.67. The number of carbonyl (C=O) groups is 1. The number of hydrogen-bond donors (Lipinski definition) is 1. The molecule has 0 aliphatic carbocycles. The van der Waals surface area contributed by atoms with Crippen molar-refractivity contribution in [2.45, 2.75) is 26.3 Å². The summed E-state index contributed by atoms with van der Waals surface area (Å²) in [5, 5.41) is 6.73. The summed E-state index contributed by atoms with van der Waals surface area (Å²) in [7, 11) is 1.59. The van der Waals surface area contributed by atoms with Crippen LogP contribution in [-0.4, -0.2) is 41.4 Å². The van der Waals surface area contributed by atoms with E-state index >= 15 is 0 Å². The fourth-order valence-corrected chi connectivity index (χ4v) is 2.67. The Morgan fingerprint density at radius 2 is 2.13 bits per heavy atom. The average Bonchev–Trinajstić information content (AvgIpc) is 3.23. The first-order valence-electron chi connectivity index (χ1n) is 9.48. The van der Waals surface area contributed by atoms with E-state index in [1.165, 1.54) is 6.07 Å². The zero-order chi connectivity index (χ0) is 21.3. The van der Waals surface area contributed by atoms with Crippen molar-refractivity contribution >= 4 is 5.91 Å². The van der Waals surface area contributed by atoms with E-state index in [9.17, 15) is 9.18 Å². The molecule has 158 valence electrons. The number of pyridine rings is 1. The lowest BCUT2D eigenvalue weighted by atomic mass is 10.1. The van der Waals surface area contributed by atoms with E-state index in [4.69, 9.17) is 14.0 Å². The van der Waals surface area contributed by atoms with Crippen molar-refractivity contribution in [3.05, 3.63) is 59.4 Å². The van der Waals surface area contributed by atoms with Gasteiger partial charge in [-0.1, -0.05) is 11.2 Å². The number of benzene rings is 1. The zero-order valence-electron chi connectivity index (χ0n) is 16.9. The van der Waals surface area contributed by atoms with Crippen molar-refractivity contribution < 1.29 is 23.2 Å². The van der Waals surface area contributed by atoms with Gasteiger partial charge in [0.25, 0.3) is 0 Å². The third-order valence-electron chi connectivity index (χ3n) is 4.30. The molecule has 9 heteroatoms. The minimum absolute atomic E-state index is 0.168. The summed E-state index contributed by atoms with van der Waals surface area (Å²) in [6, 6.07) is 8.22. The number of methoxy groups -OCH3 is 1. The number of hydrogen-bond acceptors (Lipinski definition) is 7. The number of aryl methyl sites for hydroxylation is 2.